The highest BCUT2D eigenvalue weighted by Gasteiger charge is 2.82. The molecule has 18 heteroatoms. The molecule has 2 saturated carbocycles. The zero-order valence-corrected chi connectivity index (χ0v) is 37.0. The van der Waals surface area contributed by atoms with Crippen LogP contribution in [0.5, 0.6) is 0 Å². The van der Waals surface area contributed by atoms with E-state index < -0.39 is 124 Å². The molecule has 0 unspecified atom stereocenters. The fraction of sp³-hybridized carbons (Fsp3) is 0.458. The Morgan fingerprint density at radius 2 is 1.41 bits per heavy atom. The van der Waals surface area contributed by atoms with E-state index in [1.807, 2.05) is 0 Å². The number of esters is 4. The smallest absolute Gasteiger partial charge is 0.416 e. The zero-order chi connectivity index (χ0) is 48.5. The van der Waals surface area contributed by atoms with Crippen LogP contribution in [0, 0.1) is 16.7 Å². The molecule has 15 nitrogen and oxygen atoms in total. The van der Waals surface area contributed by atoms with Crippen molar-refractivity contribution in [3.8, 4) is 0 Å². The number of aliphatic hydroxyl groups is 3. The minimum Gasteiger partial charge on any atom is -0.456 e. The largest absolute Gasteiger partial charge is 0.456 e. The van der Waals surface area contributed by atoms with Gasteiger partial charge < -0.3 is 44.3 Å². The molecule has 8 rings (SSSR count). The van der Waals surface area contributed by atoms with E-state index in [4.69, 9.17) is 23.7 Å². The number of ether oxygens (including phenoxy) is 5. The van der Waals surface area contributed by atoms with Crippen LogP contribution in [0.1, 0.15) is 99.2 Å². The van der Waals surface area contributed by atoms with Crippen LogP contribution in [0.4, 0.5) is 13.2 Å². The first-order chi connectivity index (χ1) is 30.7. The van der Waals surface area contributed by atoms with E-state index in [1.54, 1.807) is 36.4 Å². The van der Waals surface area contributed by atoms with Crippen molar-refractivity contribution in [3.63, 3.8) is 0 Å². The molecule has 66 heavy (non-hydrogen) atoms. The fourth-order valence-electron chi connectivity index (χ4n) is 10.7. The average molecular weight is 922 g/mol. The molecule has 1 amide bonds. The summed E-state index contributed by atoms with van der Waals surface area (Å²) < 4.78 is 71.0. The van der Waals surface area contributed by atoms with Crippen molar-refractivity contribution in [2.75, 3.05) is 0 Å². The van der Waals surface area contributed by atoms with Crippen molar-refractivity contribution < 1.29 is 80.9 Å². The number of Topliss-reactive ketones (excluding diaryl/α,β-unsaturated/α-hetero) is 1. The summed E-state index contributed by atoms with van der Waals surface area (Å²) in [5.74, 6) is -10.8. The Bertz CT molecular complexity index is 2480. The van der Waals surface area contributed by atoms with Crippen molar-refractivity contribution >= 4 is 35.6 Å². The van der Waals surface area contributed by atoms with Gasteiger partial charge in [-0.25, -0.2) is 9.59 Å². The third kappa shape index (κ3) is 7.66. The molecule has 3 aliphatic carbocycles. The summed E-state index contributed by atoms with van der Waals surface area (Å²) >= 11 is 0. The average Bonchev–Trinajstić information content (AvgIpc) is 3.35. The minimum absolute atomic E-state index is 0.00984. The quantitative estimate of drug-likeness (QED) is 0.118. The highest BCUT2D eigenvalue weighted by atomic mass is 19.4. The number of amides is 1. The second-order valence-corrected chi connectivity index (χ2v) is 18.2. The molecule has 5 aliphatic rings. The number of fused-ring (bicyclic) bond motifs is 3. The summed E-state index contributed by atoms with van der Waals surface area (Å²) in [5.41, 5.74) is -9.93. The number of rotatable bonds is 10. The minimum atomic E-state index is -4.69. The van der Waals surface area contributed by atoms with Crippen LogP contribution < -0.4 is 5.32 Å². The third-order valence-electron chi connectivity index (χ3n) is 13.9. The molecule has 2 aliphatic heterocycles. The van der Waals surface area contributed by atoms with Crippen LogP contribution in [0.15, 0.2) is 96.1 Å². The lowest BCUT2D eigenvalue weighted by atomic mass is 9.46. The van der Waals surface area contributed by atoms with Gasteiger partial charge in [-0.1, -0.05) is 62.4 Å². The summed E-state index contributed by atoms with van der Waals surface area (Å²) in [6, 6.07) is 16.9. The molecule has 3 aromatic rings. The molecule has 0 aromatic heterocycles. The Kier molecular flexibility index (Phi) is 12.2. The Labute approximate surface area is 377 Å². The molecule has 6 bridgehead atoms. The summed E-state index contributed by atoms with van der Waals surface area (Å²) in [6.45, 7) is 9.15. The topological polar surface area (TPSA) is 221 Å². The number of aliphatic hydroxyl groups excluding tert-OH is 2. The number of alkyl halides is 3. The van der Waals surface area contributed by atoms with Gasteiger partial charge in [0.1, 0.15) is 29.5 Å². The molecule has 2 saturated heterocycles. The number of halogens is 3. The lowest BCUT2D eigenvalue weighted by Gasteiger charge is -2.62. The molecule has 0 spiro atoms. The van der Waals surface area contributed by atoms with E-state index in [0.29, 0.717) is 12.1 Å². The van der Waals surface area contributed by atoms with Gasteiger partial charge in [-0.15, -0.1) is 0 Å². The number of carbonyl (C=O) groups is 6. The summed E-state index contributed by atoms with van der Waals surface area (Å²) in [5, 5.41) is 40.0. The monoisotopic (exact) mass is 921 g/mol. The third-order valence-corrected chi connectivity index (χ3v) is 13.9. The first kappa shape index (κ1) is 48.0. The number of carbonyl (C=O) groups excluding carboxylic acids is 6. The lowest BCUT2D eigenvalue weighted by Crippen LogP contribution is -2.76. The SMILES string of the molecule is CC(=O)O[C@@]12O[C@@H]3C[C@H](O)[C@@](C)(C1=O)[C@H]([C@H](OC(=O)c1ccccc1)[C@]1(O)C[C@H](OC(=O)[C@H](O)[C@@H](NC(=O)c4ccc(C(F)(F)F)cc4)c4ccccc4)C(C)=C2C1(C)C)[C@@]3(C)OC(C)=O. The molecular weight excluding hydrogens is 872 g/mol. The second kappa shape index (κ2) is 16.7. The maximum Gasteiger partial charge on any atom is 0.416 e. The Hall–Kier alpha value is -5.95. The van der Waals surface area contributed by atoms with Crippen LogP contribution in [0.2, 0.25) is 0 Å². The van der Waals surface area contributed by atoms with Crippen LogP contribution in [-0.4, -0.2) is 98.4 Å². The summed E-state index contributed by atoms with van der Waals surface area (Å²) in [7, 11) is 0. The van der Waals surface area contributed by atoms with E-state index in [0.717, 1.165) is 26.0 Å². The Morgan fingerprint density at radius 3 is 1.97 bits per heavy atom. The normalized spacial score (nSPS) is 31.9. The van der Waals surface area contributed by atoms with Crippen molar-refractivity contribution in [1.82, 2.24) is 5.32 Å². The Morgan fingerprint density at radius 1 is 0.833 bits per heavy atom. The van der Waals surface area contributed by atoms with Gasteiger partial charge in [0.25, 0.3) is 11.7 Å². The molecule has 2 heterocycles. The van der Waals surface area contributed by atoms with Gasteiger partial charge in [0.2, 0.25) is 5.78 Å². The van der Waals surface area contributed by atoms with E-state index in [1.165, 1.54) is 58.9 Å². The fourth-order valence-corrected chi connectivity index (χ4v) is 10.7. The Balaban J connectivity index is 1.39. The van der Waals surface area contributed by atoms with Crippen LogP contribution in [0.25, 0.3) is 0 Å². The van der Waals surface area contributed by atoms with E-state index in [9.17, 15) is 52.5 Å². The highest BCUT2D eigenvalue weighted by molar-refractivity contribution is 5.99. The van der Waals surface area contributed by atoms with Crippen molar-refractivity contribution in [2.45, 2.75) is 121 Å². The highest BCUT2D eigenvalue weighted by Crippen LogP contribution is 2.67. The number of hydrogen-bond donors (Lipinski definition) is 4. The standard InChI is InChI=1S/C48H50F3NO14/c1-24-31(62-41(59)35(56)34(27-14-10-8-11-15-27)52-39(57)28-18-20-30(21-19-28)48(49,50)51)23-46(61)38(63-40(58)29-16-12-9-13-17-29)37-44(6)32(55)22-33(45(37,7)64-25(2)53)66-47(42(44)60,65-26(3)54)36(24)43(46,4)5/h8-21,31-35,37-38,55-56,61H,22-23H2,1-7H3,(H,52,57)/t31-,32-,33+,34-,35+,37-,38-,44+,45-,46+,47-/m0/s1. The second-order valence-electron chi connectivity index (χ2n) is 18.2. The van der Waals surface area contributed by atoms with Crippen molar-refractivity contribution in [2.24, 2.45) is 16.7 Å². The van der Waals surface area contributed by atoms with Gasteiger partial charge in [-0.05, 0) is 68.3 Å². The molecule has 4 N–H and O–H groups in total. The number of hydrogen-bond acceptors (Lipinski definition) is 14. The molecule has 352 valence electrons. The van der Waals surface area contributed by atoms with Gasteiger partial charge in [0.05, 0.1) is 34.6 Å². The van der Waals surface area contributed by atoms with Crippen LogP contribution in [-0.2, 0) is 49.0 Å². The molecular formula is C48H50F3NO14. The van der Waals surface area contributed by atoms with Crippen LogP contribution in [0.3, 0.4) is 0 Å². The van der Waals surface area contributed by atoms with Crippen LogP contribution >= 0.6 is 0 Å². The first-order valence-electron chi connectivity index (χ1n) is 21.2. The maximum absolute atomic E-state index is 15.7. The predicted octanol–water partition coefficient (Wildman–Crippen LogP) is 5.10. The van der Waals surface area contributed by atoms with Gasteiger partial charge in [-0.3, -0.25) is 19.2 Å². The maximum atomic E-state index is 15.7. The molecule has 11 atom stereocenters. The van der Waals surface area contributed by atoms with Gasteiger partial charge >= 0.3 is 30.1 Å². The number of benzene rings is 3. The van der Waals surface area contributed by atoms with Gasteiger partial charge in [0.15, 0.2) is 6.10 Å². The first-order valence-corrected chi connectivity index (χ1v) is 21.2. The van der Waals surface area contributed by atoms with E-state index in [-0.39, 0.29) is 34.3 Å². The van der Waals surface area contributed by atoms with Crippen molar-refractivity contribution in [3.05, 3.63) is 118 Å². The predicted molar refractivity (Wildman–Crippen MR) is 222 cm³/mol. The summed E-state index contributed by atoms with van der Waals surface area (Å²) in [4.78, 5) is 84.2. The molecule has 4 fully saturated rings. The van der Waals surface area contributed by atoms with Crippen molar-refractivity contribution in [1.29, 1.82) is 0 Å². The van der Waals surface area contributed by atoms with E-state index in [2.05, 4.69) is 5.32 Å². The van der Waals surface area contributed by atoms with Gasteiger partial charge in [0, 0.05) is 43.2 Å². The zero-order valence-electron chi connectivity index (χ0n) is 37.0. The number of nitrogens with one attached hydrogen (secondary N) is 1. The lowest BCUT2D eigenvalue weighted by molar-refractivity contribution is -0.266. The van der Waals surface area contributed by atoms with E-state index >= 15 is 4.79 Å². The van der Waals surface area contributed by atoms with Gasteiger partial charge in [-0.2, -0.15) is 13.2 Å². The molecule has 0 radical (unpaired) electrons. The summed E-state index contributed by atoms with van der Waals surface area (Å²) in [6.07, 6.45) is -14.7. The molecule has 3 aromatic carbocycles. The number of ketones is 1.